The summed E-state index contributed by atoms with van der Waals surface area (Å²) in [6, 6.07) is 9.85. The maximum Gasteiger partial charge on any atom is 0.227 e. The second-order valence-electron chi connectivity index (χ2n) is 6.39. The van der Waals surface area contributed by atoms with Gasteiger partial charge in [-0.2, -0.15) is 5.10 Å². The Kier molecular flexibility index (Phi) is 5.48. The second kappa shape index (κ2) is 7.96. The molecule has 1 saturated heterocycles. The van der Waals surface area contributed by atoms with E-state index in [-0.39, 0.29) is 11.8 Å². The first-order valence-electron chi connectivity index (χ1n) is 8.80. The van der Waals surface area contributed by atoms with E-state index in [0.29, 0.717) is 25.2 Å². The fourth-order valence-corrected chi connectivity index (χ4v) is 3.12. The summed E-state index contributed by atoms with van der Waals surface area (Å²) >= 11 is 0. The highest BCUT2D eigenvalue weighted by molar-refractivity contribution is 5.94. The molecule has 0 atom stereocenters. The monoisotopic (exact) mass is 340 g/mol. The van der Waals surface area contributed by atoms with Gasteiger partial charge >= 0.3 is 0 Å². The van der Waals surface area contributed by atoms with E-state index in [2.05, 4.69) is 10.4 Å². The summed E-state index contributed by atoms with van der Waals surface area (Å²) in [6.45, 7) is 1.23. The molecule has 0 unspecified atom stereocenters. The summed E-state index contributed by atoms with van der Waals surface area (Å²) in [7, 11) is 1.81. The Morgan fingerprint density at radius 1 is 1.20 bits per heavy atom. The van der Waals surface area contributed by atoms with Crippen LogP contribution in [0.1, 0.15) is 32.1 Å². The summed E-state index contributed by atoms with van der Waals surface area (Å²) < 4.78 is 1.66. The number of likely N-dealkylation sites (tertiary alicyclic amines) is 1. The Bertz CT molecular complexity index is 739. The first-order chi connectivity index (χ1) is 12.1. The molecule has 6 heteroatoms. The molecule has 25 heavy (non-hydrogen) atoms. The van der Waals surface area contributed by atoms with Gasteiger partial charge in [-0.3, -0.25) is 14.3 Å². The number of aryl methyl sites for hydroxylation is 1. The summed E-state index contributed by atoms with van der Waals surface area (Å²) in [4.78, 5) is 26.2. The van der Waals surface area contributed by atoms with Crippen LogP contribution in [0.25, 0.3) is 11.1 Å². The van der Waals surface area contributed by atoms with Crippen molar-refractivity contribution in [3.63, 3.8) is 0 Å². The lowest BCUT2D eigenvalue weighted by Gasteiger charge is -2.20. The minimum Gasteiger partial charge on any atom is -0.342 e. The molecule has 0 aliphatic carbocycles. The lowest BCUT2D eigenvalue weighted by Crippen LogP contribution is -2.33. The lowest BCUT2D eigenvalue weighted by molar-refractivity contribution is -0.131. The summed E-state index contributed by atoms with van der Waals surface area (Å²) in [5.74, 6) is 0.743. The molecule has 132 valence electrons. The van der Waals surface area contributed by atoms with Gasteiger partial charge in [0.25, 0.3) is 0 Å². The Morgan fingerprint density at radius 2 is 2.00 bits per heavy atom. The van der Waals surface area contributed by atoms with Gasteiger partial charge in [0.15, 0.2) is 0 Å². The fourth-order valence-electron chi connectivity index (χ4n) is 3.12. The molecule has 0 spiro atoms. The predicted octanol–water partition coefficient (Wildman–Crippen LogP) is 2.82. The minimum absolute atomic E-state index is 0.0992. The van der Waals surface area contributed by atoms with Crippen molar-refractivity contribution < 1.29 is 9.59 Å². The highest BCUT2D eigenvalue weighted by Gasteiger charge is 2.18. The molecule has 1 fully saturated rings. The van der Waals surface area contributed by atoms with Crippen molar-refractivity contribution in [1.82, 2.24) is 14.7 Å². The van der Waals surface area contributed by atoms with E-state index in [1.165, 1.54) is 0 Å². The highest BCUT2D eigenvalue weighted by Crippen LogP contribution is 2.27. The van der Waals surface area contributed by atoms with E-state index in [9.17, 15) is 9.59 Å². The Morgan fingerprint density at radius 3 is 2.80 bits per heavy atom. The minimum atomic E-state index is -0.0992. The Hall–Kier alpha value is -2.63. The third-order valence-electron chi connectivity index (χ3n) is 4.56. The second-order valence-corrected chi connectivity index (χ2v) is 6.39. The van der Waals surface area contributed by atoms with Crippen LogP contribution in [-0.2, 0) is 16.6 Å². The molecule has 0 bridgehead atoms. The molecular formula is C19H24N4O2. The van der Waals surface area contributed by atoms with Crippen LogP contribution in [0.5, 0.6) is 0 Å². The number of amides is 2. The van der Waals surface area contributed by atoms with Gasteiger partial charge < -0.3 is 10.2 Å². The molecular weight excluding hydrogens is 316 g/mol. The van der Waals surface area contributed by atoms with Crippen molar-refractivity contribution in [2.75, 3.05) is 18.4 Å². The highest BCUT2D eigenvalue weighted by atomic mass is 16.2. The van der Waals surface area contributed by atoms with Crippen molar-refractivity contribution in [3.8, 4) is 11.1 Å². The van der Waals surface area contributed by atoms with Gasteiger partial charge in [0, 0.05) is 38.5 Å². The summed E-state index contributed by atoms with van der Waals surface area (Å²) in [5, 5.41) is 7.21. The van der Waals surface area contributed by atoms with Crippen LogP contribution in [0.15, 0.2) is 36.5 Å². The molecule has 0 saturated carbocycles. The van der Waals surface area contributed by atoms with Gasteiger partial charge in [-0.1, -0.05) is 36.8 Å². The van der Waals surface area contributed by atoms with Crippen LogP contribution >= 0.6 is 0 Å². The van der Waals surface area contributed by atoms with E-state index < -0.39 is 0 Å². The van der Waals surface area contributed by atoms with E-state index in [1.54, 1.807) is 17.9 Å². The molecule has 1 aromatic heterocycles. The number of benzene rings is 1. The molecule has 1 aliphatic heterocycles. The molecule has 2 aromatic rings. The average Bonchev–Trinajstić information content (AvgIpc) is 2.85. The Balaban J connectivity index is 1.63. The largest absolute Gasteiger partial charge is 0.342 e. The van der Waals surface area contributed by atoms with Crippen LogP contribution in [-0.4, -0.2) is 39.6 Å². The summed E-state index contributed by atoms with van der Waals surface area (Å²) in [6.07, 6.45) is 5.71. The first kappa shape index (κ1) is 17.2. The number of carbonyl (C=O) groups excluding carboxylic acids is 2. The van der Waals surface area contributed by atoms with E-state index in [1.807, 2.05) is 35.2 Å². The van der Waals surface area contributed by atoms with Gasteiger partial charge in [-0.05, 0) is 18.4 Å². The first-order valence-corrected chi connectivity index (χ1v) is 8.80. The van der Waals surface area contributed by atoms with Crippen LogP contribution in [0.2, 0.25) is 0 Å². The van der Waals surface area contributed by atoms with Crippen LogP contribution in [0.4, 0.5) is 5.82 Å². The summed E-state index contributed by atoms with van der Waals surface area (Å²) in [5.41, 5.74) is 1.90. The molecule has 2 heterocycles. The number of nitrogens with zero attached hydrogens (tertiary/aromatic N) is 3. The number of nitrogens with one attached hydrogen (secondary N) is 1. The van der Waals surface area contributed by atoms with Gasteiger partial charge in [-0.15, -0.1) is 0 Å². The number of rotatable bonds is 5. The standard InChI is InChI=1S/C19H24N4O2/c1-22-19(16(14-20-22)15-8-4-2-5-9-15)21-17(24)11-13-23-12-7-3-6-10-18(23)25/h2,4-5,8-9,14H,3,6-7,10-13H2,1H3,(H,21,24). The van der Waals surface area contributed by atoms with Crippen LogP contribution in [0, 0.1) is 0 Å². The van der Waals surface area contributed by atoms with Crippen molar-refractivity contribution in [2.24, 2.45) is 7.05 Å². The van der Waals surface area contributed by atoms with Crippen molar-refractivity contribution >= 4 is 17.6 Å². The van der Waals surface area contributed by atoms with Crippen LogP contribution < -0.4 is 5.32 Å². The third kappa shape index (κ3) is 4.26. The third-order valence-corrected chi connectivity index (χ3v) is 4.56. The molecule has 2 amide bonds. The molecule has 0 radical (unpaired) electrons. The number of hydrogen-bond acceptors (Lipinski definition) is 3. The average molecular weight is 340 g/mol. The number of hydrogen-bond donors (Lipinski definition) is 1. The molecule has 3 rings (SSSR count). The molecule has 1 aromatic carbocycles. The van der Waals surface area contributed by atoms with E-state index >= 15 is 0 Å². The maximum absolute atomic E-state index is 12.4. The quantitative estimate of drug-likeness (QED) is 0.910. The van der Waals surface area contributed by atoms with Crippen molar-refractivity contribution in [2.45, 2.75) is 32.1 Å². The van der Waals surface area contributed by atoms with Gasteiger partial charge in [0.2, 0.25) is 11.8 Å². The smallest absolute Gasteiger partial charge is 0.227 e. The van der Waals surface area contributed by atoms with Crippen LogP contribution in [0.3, 0.4) is 0 Å². The maximum atomic E-state index is 12.4. The van der Waals surface area contributed by atoms with Gasteiger partial charge in [0.05, 0.1) is 6.20 Å². The van der Waals surface area contributed by atoms with E-state index in [4.69, 9.17) is 0 Å². The SMILES string of the molecule is Cn1ncc(-c2ccccc2)c1NC(=O)CCN1CCCCCC1=O. The fraction of sp³-hybridized carbons (Fsp3) is 0.421. The van der Waals surface area contributed by atoms with Crippen molar-refractivity contribution in [1.29, 1.82) is 0 Å². The normalized spacial score (nSPS) is 15.1. The Labute approximate surface area is 147 Å². The zero-order valence-corrected chi connectivity index (χ0v) is 14.6. The molecule has 1 N–H and O–H groups in total. The van der Waals surface area contributed by atoms with E-state index in [0.717, 1.165) is 36.9 Å². The zero-order chi connectivity index (χ0) is 17.6. The number of aromatic nitrogens is 2. The topological polar surface area (TPSA) is 67.2 Å². The lowest BCUT2D eigenvalue weighted by atomic mass is 10.1. The zero-order valence-electron chi connectivity index (χ0n) is 14.6. The van der Waals surface area contributed by atoms with Crippen molar-refractivity contribution in [3.05, 3.63) is 36.5 Å². The van der Waals surface area contributed by atoms with Gasteiger partial charge in [-0.25, -0.2) is 0 Å². The number of carbonyl (C=O) groups is 2. The van der Waals surface area contributed by atoms with Gasteiger partial charge in [0.1, 0.15) is 5.82 Å². The molecule has 6 nitrogen and oxygen atoms in total. The predicted molar refractivity (Wildman–Crippen MR) is 96.9 cm³/mol. The number of anilines is 1. The molecule has 1 aliphatic rings.